The van der Waals surface area contributed by atoms with Crippen LogP contribution in [0, 0.1) is 5.92 Å². The molecule has 1 N–H and O–H groups in total. The van der Waals surface area contributed by atoms with Crippen molar-refractivity contribution >= 4 is 11.3 Å². The number of ether oxygens (including phenoxy) is 2. The van der Waals surface area contributed by atoms with Crippen molar-refractivity contribution in [2.75, 3.05) is 14.2 Å². The van der Waals surface area contributed by atoms with Crippen molar-refractivity contribution in [2.45, 2.75) is 19.4 Å². The topological polar surface area (TPSA) is 82.0 Å². The first-order valence-corrected chi connectivity index (χ1v) is 7.87. The highest BCUT2D eigenvalue weighted by Crippen LogP contribution is 2.32. The van der Waals surface area contributed by atoms with Crippen LogP contribution in [0.2, 0.25) is 0 Å². The zero-order valence-corrected chi connectivity index (χ0v) is 13.6. The SMILES string of the molecule is COc1ccc(-c2cnc3[nH]c(=O)n(CC4CC4)c3n2)cc1OC. The van der Waals surface area contributed by atoms with Gasteiger partial charge in [-0.25, -0.2) is 14.8 Å². The van der Waals surface area contributed by atoms with Gasteiger partial charge in [-0.15, -0.1) is 0 Å². The van der Waals surface area contributed by atoms with Gasteiger partial charge in [0, 0.05) is 12.1 Å². The molecule has 1 fully saturated rings. The van der Waals surface area contributed by atoms with Crippen LogP contribution in [0.25, 0.3) is 22.6 Å². The van der Waals surface area contributed by atoms with Crippen LogP contribution < -0.4 is 15.2 Å². The standard InChI is InChI=1S/C17H18N4O3/c1-23-13-6-5-11(7-14(13)24-2)12-8-18-15-16(19-12)21(17(22)20-15)9-10-3-4-10/h5-8,10H,3-4,9H2,1-2H3,(H,18,20,22). The van der Waals surface area contributed by atoms with E-state index in [4.69, 9.17) is 9.47 Å². The van der Waals surface area contributed by atoms with Gasteiger partial charge in [0.2, 0.25) is 0 Å². The van der Waals surface area contributed by atoms with Gasteiger partial charge in [-0.1, -0.05) is 0 Å². The number of hydrogen-bond donors (Lipinski definition) is 1. The van der Waals surface area contributed by atoms with E-state index >= 15 is 0 Å². The van der Waals surface area contributed by atoms with E-state index in [1.807, 2.05) is 18.2 Å². The Morgan fingerprint density at radius 3 is 2.75 bits per heavy atom. The first kappa shape index (κ1) is 14.7. The number of H-pyrrole nitrogens is 1. The molecule has 1 aliphatic rings. The number of benzene rings is 1. The predicted molar refractivity (Wildman–Crippen MR) is 89.4 cm³/mol. The highest BCUT2D eigenvalue weighted by Gasteiger charge is 2.24. The monoisotopic (exact) mass is 326 g/mol. The van der Waals surface area contributed by atoms with Crippen molar-refractivity contribution in [1.29, 1.82) is 0 Å². The van der Waals surface area contributed by atoms with Gasteiger partial charge < -0.3 is 9.47 Å². The maximum Gasteiger partial charge on any atom is 0.328 e. The Balaban J connectivity index is 1.80. The number of nitrogens with one attached hydrogen (secondary N) is 1. The van der Waals surface area contributed by atoms with Crippen LogP contribution in [0.3, 0.4) is 0 Å². The second-order valence-corrected chi connectivity index (χ2v) is 5.98. The first-order chi connectivity index (χ1) is 11.7. The van der Waals surface area contributed by atoms with Gasteiger partial charge in [0.15, 0.2) is 22.8 Å². The average molecular weight is 326 g/mol. The fourth-order valence-corrected chi connectivity index (χ4v) is 2.78. The number of nitrogens with zero attached hydrogens (tertiary/aromatic N) is 3. The van der Waals surface area contributed by atoms with Crippen molar-refractivity contribution in [3.8, 4) is 22.8 Å². The highest BCUT2D eigenvalue weighted by molar-refractivity contribution is 5.72. The van der Waals surface area contributed by atoms with Crippen LogP contribution in [0.1, 0.15) is 12.8 Å². The normalized spacial score (nSPS) is 14.1. The second kappa shape index (κ2) is 5.67. The zero-order valence-electron chi connectivity index (χ0n) is 13.6. The molecule has 0 radical (unpaired) electrons. The Bertz CT molecular complexity index is 956. The first-order valence-electron chi connectivity index (χ1n) is 7.87. The minimum Gasteiger partial charge on any atom is -0.493 e. The van der Waals surface area contributed by atoms with E-state index < -0.39 is 0 Å². The van der Waals surface area contributed by atoms with Gasteiger partial charge in [-0.05, 0) is 37.0 Å². The summed E-state index contributed by atoms with van der Waals surface area (Å²) in [5.41, 5.74) is 2.51. The van der Waals surface area contributed by atoms with Gasteiger partial charge in [0.05, 0.1) is 26.1 Å². The predicted octanol–water partition coefficient (Wildman–Crippen LogP) is 2.21. The summed E-state index contributed by atoms with van der Waals surface area (Å²) < 4.78 is 12.3. The summed E-state index contributed by atoms with van der Waals surface area (Å²) in [6, 6.07) is 5.58. The second-order valence-electron chi connectivity index (χ2n) is 5.98. The van der Waals surface area contributed by atoms with Crippen molar-refractivity contribution in [2.24, 2.45) is 5.92 Å². The van der Waals surface area contributed by atoms with E-state index in [-0.39, 0.29) is 5.69 Å². The Labute approximate surface area is 138 Å². The fourth-order valence-electron chi connectivity index (χ4n) is 2.78. The fraction of sp³-hybridized carbons (Fsp3) is 0.353. The van der Waals surface area contributed by atoms with E-state index in [0.29, 0.717) is 40.9 Å². The van der Waals surface area contributed by atoms with E-state index in [2.05, 4.69) is 15.0 Å². The molecule has 0 saturated heterocycles. The van der Waals surface area contributed by atoms with Crippen LogP contribution in [0.4, 0.5) is 0 Å². The van der Waals surface area contributed by atoms with Crippen molar-refractivity contribution in [3.63, 3.8) is 0 Å². The molecule has 1 aromatic carbocycles. The van der Waals surface area contributed by atoms with E-state index in [1.165, 1.54) is 12.8 Å². The van der Waals surface area contributed by atoms with Crippen molar-refractivity contribution < 1.29 is 9.47 Å². The minimum absolute atomic E-state index is 0.152. The third-order valence-electron chi connectivity index (χ3n) is 4.30. The number of hydrogen-bond acceptors (Lipinski definition) is 5. The van der Waals surface area contributed by atoms with Gasteiger partial charge in [0.1, 0.15) is 0 Å². The molecule has 4 rings (SSSR count). The average Bonchev–Trinajstić information content (AvgIpc) is 3.38. The maximum absolute atomic E-state index is 12.1. The van der Waals surface area contributed by atoms with Crippen LogP contribution in [0.15, 0.2) is 29.2 Å². The minimum atomic E-state index is -0.152. The van der Waals surface area contributed by atoms with Crippen LogP contribution in [-0.2, 0) is 6.54 Å². The molecule has 124 valence electrons. The molecule has 2 heterocycles. The lowest BCUT2D eigenvalue weighted by atomic mass is 10.1. The zero-order chi connectivity index (χ0) is 16.7. The largest absolute Gasteiger partial charge is 0.493 e. The van der Waals surface area contributed by atoms with Gasteiger partial charge in [0.25, 0.3) is 0 Å². The summed E-state index contributed by atoms with van der Waals surface area (Å²) in [5, 5.41) is 0. The number of rotatable bonds is 5. The molecule has 0 amide bonds. The Morgan fingerprint density at radius 1 is 1.25 bits per heavy atom. The summed E-state index contributed by atoms with van der Waals surface area (Å²) in [5.74, 6) is 1.86. The number of methoxy groups -OCH3 is 2. The molecule has 0 aliphatic heterocycles. The molecular weight excluding hydrogens is 308 g/mol. The lowest BCUT2D eigenvalue weighted by Gasteiger charge is -2.09. The Kier molecular flexibility index (Phi) is 3.48. The molecule has 0 atom stereocenters. The van der Waals surface area contributed by atoms with E-state index in [9.17, 15) is 4.79 Å². The van der Waals surface area contributed by atoms with Gasteiger partial charge in [-0.2, -0.15) is 0 Å². The molecule has 0 bridgehead atoms. The Hall–Kier alpha value is -2.83. The molecule has 0 unspecified atom stereocenters. The molecule has 1 saturated carbocycles. The quantitative estimate of drug-likeness (QED) is 0.777. The highest BCUT2D eigenvalue weighted by atomic mass is 16.5. The van der Waals surface area contributed by atoms with Crippen LogP contribution in [0.5, 0.6) is 11.5 Å². The van der Waals surface area contributed by atoms with E-state index in [1.54, 1.807) is 25.0 Å². The molecule has 1 aliphatic carbocycles. The smallest absolute Gasteiger partial charge is 0.328 e. The third-order valence-corrected chi connectivity index (χ3v) is 4.30. The number of imidazole rings is 1. The van der Waals surface area contributed by atoms with Crippen LogP contribution >= 0.6 is 0 Å². The molecule has 2 aromatic heterocycles. The summed E-state index contributed by atoms with van der Waals surface area (Å²) in [6.45, 7) is 0.697. The van der Waals surface area contributed by atoms with Crippen molar-refractivity contribution in [1.82, 2.24) is 19.5 Å². The number of aromatic amines is 1. The lowest BCUT2D eigenvalue weighted by Crippen LogP contribution is -2.18. The van der Waals surface area contributed by atoms with Gasteiger partial charge in [-0.3, -0.25) is 9.55 Å². The molecule has 7 heteroatoms. The number of fused-ring (bicyclic) bond motifs is 1. The summed E-state index contributed by atoms with van der Waals surface area (Å²) in [4.78, 5) is 23.9. The van der Waals surface area contributed by atoms with Gasteiger partial charge >= 0.3 is 5.69 Å². The van der Waals surface area contributed by atoms with Crippen molar-refractivity contribution in [3.05, 3.63) is 34.9 Å². The van der Waals surface area contributed by atoms with E-state index in [0.717, 1.165) is 5.56 Å². The molecule has 7 nitrogen and oxygen atoms in total. The Morgan fingerprint density at radius 2 is 2.04 bits per heavy atom. The number of aromatic nitrogens is 4. The molecular formula is C17H18N4O3. The third kappa shape index (κ3) is 2.51. The molecule has 24 heavy (non-hydrogen) atoms. The summed E-state index contributed by atoms with van der Waals surface area (Å²) in [7, 11) is 3.19. The molecule has 3 aromatic rings. The summed E-state index contributed by atoms with van der Waals surface area (Å²) in [6.07, 6.45) is 3.99. The van der Waals surface area contributed by atoms with Crippen LogP contribution in [-0.4, -0.2) is 33.7 Å². The summed E-state index contributed by atoms with van der Waals surface area (Å²) >= 11 is 0. The molecule has 0 spiro atoms. The lowest BCUT2D eigenvalue weighted by molar-refractivity contribution is 0.355. The maximum atomic E-state index is 12.1.